The molecule has 2 aromatic rings. The van der Waals surface area contributed by atoms with E-state index in [0.29, 0.717) is 18.7 Å². The highest BCUT2D eigenvalue weighted by Gasteiger charge is 2.13. The summed E-state index contributed by atoms with van der Waals surface area (Å²) in [6.45, 7) is 5.56. The SMILES string of the molecule is CCCCCCNC(=O)c1ccc2cc(O)c(C(=O)NCCCCCC)cc2c1. The number of unbranched alkanes of at least 4 members (excludes halogenated alkanes) is 6. The molecule has 0 spiro atoms. The Bertz CT molecular complexity index is 817. The van der Waals surface area contributed by atoms with E-state index in [1.54, 1.807) is 30.3 Å². The second-order valence-corrected chi connectivity index (χ2v) is 7.56. The second-order valence-electron chi connectivity index (χ2n) is 7.56. The van der Waals surface area contributed by atoms with E-state index in [2.05, 4.69) is 24.5 Å². The number of fused-ring (bicyclic) bond motifs is 1. The lowest BCUT2D eigenvalue weighted by atomic mass is 10.0. The molecule has 5 heteroatoms. The Kier molecular flexibility index (Phi) is 9.48. The molecule has 0 radical (unpaired) electrons. The topological polar surface area (TPSA) is 78.4 Å². The standard InChI is InChI=1S/C24H34N2O3/c1-3-5-7-9-13-25-23(28)19-12-11-18-17-22(27)21(16-20(18)15-19)24(29)26-14-10-8-6-4-2/h11-12,15-17,27H,3-10,13-14H2,1-2H3,(H,25,28)(H,26,29). The molecule has 0 aliphatic heterocycles. The van der Waals surface area contributed by atoms with E-state index in [1.807, 2.05) is 0 Å². The fourth-order valence-corrected chi connectivity index (χ4v) is 3.31. The number of phenolic OH excluding ortho intramolecular Hbond substituents is 1. The summed E-state index contributed by atoms with van der Waals surface area (Å²) in [7, 11) is 0. The van der Waals surface area contributed by atoms with Crippen molar-refractivity contribution < 1.29 is 14.7 Å². The van der Waals surface area contributed by atoms with Gasteiger partial charge in [-0.25, -0.2) is 0 Å². The van der Waals surface area contributed by atoms with Crippen LogP contribution in [0.4, 0.5) is 0 Å². The van der Waals surface area contributed by atoms with Crippen LogP contribution in [0.3, 0.4) is 0 Å². The molecular weight excluding hydrogens is 364 g/mol. The van der Waals surface area contributed by atoms with Gasteiger partial charge in [-0.2, -0.15) is 0 Å². The van der Waals surface area contributed by atoms with Crippen LogP contribution in [0.1, 0.15) is 85.9 Å². The van der Waals surface area contributed by atoms with Crippen LogP contribution in [0.25, 0.3) is 10.8 Å². The molecule has 0 atom stereocenters. The summed E-state index contributed by atoms with van der Waals surface area (Å²) in [6.07, 6.45) is 8.75. The molecule has 0 fully saturated rings. The van der Waals surface area contributed by atoms with Crippen LogP contribution in [0.5, 0.6) is 5.75 Å². The number of phenols is 1. The van der Waals surface area contributed by atoms with E-state index in [-0.39, 0.29) is 23.1 Å². The van der Waals surface area contributed by atoms with Crippen LogP contribution in [0.2, 0.25) is 0 Å². The fourth-order valence-electron chi connectivity index (χ4n) is 3.31. The molecule has 0 aliphatic rings. The van der Waals surface area contributed by atoms with Gasteiger partial charge in [0.25, 0.3) is 11.8 Å². The molecule has 0 saturated carbocycles. The van der Waals surface area contributed by atoms with Gasteiger partial charge in [0.2, 0.25) is 0 Å². The number of carbonyl (C=O) groups excluding carboxylic acids is 2. The molecule has 0 heterocycles. The van der Waals surface area contributed by atoms with Crippen LogP contribution < -0.4 is 10.6 Å². The van der Waals surface area contributed by atoms with E-state index in [9.17, 15) is 14.7 Å². The minimum absolute atomic E-state index is 0.0447. The Balaban J connectivity index is 2.04. The molecule has 0 aliphatic carbocycles. The quantitative estimate of drug-likeness (QED) is 0.432. The monoisotopic (exact) mass is 398 g/mol. The lowest BCUT2D eigenvalue weighted by Gasteiger charge is -2.10. The van der Waals surface area contributed by atoms with Gasteiger partial charge in [-0.05, 0) is 47.9 Å². The largest absolute Gasteiger partial charge is 0.507 e. The summed E-state index contributed by atoms with van der Waals surface area (Å²) >= 11 is 0. The summed E-state index contributed by atoms with van der Waals surface area (Å²) in [6, 6.07) is 8.55. The zero-order chi connectivity index (χ0) is 21.1. The van der Waals surface area contributed by atoms with Crippen molar-refractivity contribution >= 4 is 22.6 Å². The molecule has 0 aromatic heterocycles. The van der Waals surface area contributed by atoms with Gasteiger partial charge in [0, 0.05) is 18.7 Å². The van der Waals surface area contributed by atoms with Crippen molar-refractivity contribution in [2.24, 2.45) is 0 Å². The molecule has 3 N–H and O–H groups in total. The van der Waals surface area contributed by atoms with Crippen molar-refractivity contribution in [3.8, 4) is 5.75 Å². The first kappa shape index (κ1) is 22.7. The Morgan fingerprint density at radius 1 is 0.759 bits per heavy atom. The number of hydrogen-bond acceptors (Lipinski definition) is 3. The summed E-state index contributed by atoms with van der Waals surface area (Å²) < 4.78 is 0. The number of amides is 2. The van der Waals surface area contributed by atoms with Gasteiger partial charge in [-0.15, -0.1) is 0 Å². The number of nitrogens with one attached hydrogen (secondary N) is 2. The van der Waals surface area contributed by atoms with Gasteiger partial charge in [-0.3, -0.25) is 9.59 Å². The molecule has 2 rings (SSSR count). The molecule has 29 heavy (non-hydrogen) atoms. The molecule has 158 valence electrons. The third-order valence-corrected chi connectivity index (χ3v) is 5.09. The third-order valence-electron chi connectivity index (χ3n) is 5.09. The molecule has 2 amide bonds. The lowest BCUT2D eigenvalue weighted by molar-refractivity contribution is 0.0943. The summed E-state index contributed by atoms with van der Waals surface area (Å²) in [5.74, 6) is -0.443. The molecular formula is C24H34N2O3. The molecule has 0 unspecified atom stereocenters. The predicted octanol–water partition coefficient (Wildman–Crippen LogP) is 5.17. The Hall–Kier alpha value is -2.56. The van der Waals surface area contributed by atoms with Crippen LogP contribution in [-0.2, 0) is 0 Å². The van der Waals surface area contributed by atoms with E-state index >= 15 is 0 Å². The highest BCUT2D eigenvalue weighted by Crippen LogP contribution is 2.26. The lowest BCUT2D eigenvalue weighted by Crippen LogP contribution is -2.25. The minimum atomic E-state index is -0.285. The highest BCUT2D eigenvalue weighted by atomic mass is 16.3. The van der Waals surface area contributed by atoms with Crippen molar-refractivity contribution in [2.45, 2.75) is 65.2 Å². The highest BCUT2D eigenvalue weighted by molar-refractivity contribution is 6.03. The average Bonchev–Trinajstić information content (AvgIpc) is 2.72. The van der Waals surface area contributed by atoms with E-state index in [4.69, 9.17) is 0 Å². The van der Waals surface area contributed by atoms with Gasteiger partial charge >= 0.3 is 0 Å². The first-order chi connectivity index (χ1) is 14.1. The van der Waals surface area contributed by atoms with Gasteiger partial charge in [0.1, 0.15) is 5.75 Å². The first-order valence-corrected chi connectivity index (χ1v) is 10.9. The van der Waals surface area contributed by atoms with Crippen molar-refractivity contribution in [3.63, 3.8) is 0 Å². The number of benzene rings is 2. The Morgan fingerprint density at radius 3 is 2.00 bits per heavy atom. The zero-order valence-electron chi connectivity index (χ0n) is 17.7. The van der Waals surface area contributed by atoms with Crippen molar-refractivity contribution in [3.05, 3.63) is 41.5 Å². The van der Waals surface area contributed by atoms with E-state index in [1.165, 1.54) is 12.8 Å². The van der Waals surface area contributed by atoms with Crippen LogP contribution >= 0.6 is 0 Å². The van der Waals surface area contributed by atoms with Crippen molar-refractivity contribution in [1.82, 2.24) is 10.6 Å². The summed E-state index contributed by atoms with van der Waals surface area (Å²) in [5.41, 5.74) is 0.801. The second kappa shape index (κ2) is 12.1. The van der Waals surface area contributed by atoms with Crippen LogP contribution in [-0.4, -0.2) is 30.0 Å². The maximum atomic E-state index is 12.4. The number of aromatic hydroxyl groups is 1. The summed E-state index contributed by atoms with van der Waals surface area (Å²) in [5, 5.41) is 17.6. The number of rotatable bonds is 12. The van der Waals surface area contributed by atoms with Gasteiger partial charge in [-0.1, -0.05) is 58.4 Å². The zero-order valence-corrected chi connectivity index (χ0v) is 17.7. The Morgan fingerprint density at radius 2 is 1.38 bits per heavy atom. The first-order valence-electron chi connectivity index (χ1n) is 10.9. The van der Waals surface area contributed by atoms with Gasteiger partial charge in [0.05, 0.1) is 5.56 Å². The fraction of sp³-hybridized carbons (Fsp3) is 0.500. The summed E-state index contributed by atoms with van der Waals surface area (Å²) in [4.78, 5) is 24.8. The van der Waals surface area contributed by atoms with E-state index < -0.39 is 0 Å². The maximum absolute atomic E-state index is 12.4. The number of carbonyl (C=O) groups is 2. The van der Waals surface area contributed by atoms with E-state index in [0.717, 1.165) is 49.3 Å². The molecule has 0 saturated heterocycles. The average molecular weight is 399 g/mol. The van der Waals surface area contributed by atoms with Crippen LogP contribution in [0, 0.1) is 0 Å². The molecule has 5 nitrogen and oxygen atoms in total. The maximum Gasteiger partial charge on any atom is 0.255 e. The normalized spacial score (nSPS) is 10.8. The smallest absolute Gasteiger partial charge is 0.255 e. The third kappa shape index (κ3) is 7.08. The van der Waals surface area contributed by atoms with Crippen molar-refractivity contribution in [1.29, 1.82) is 0 Å². The molecule has 2 aromatic carbocycles. The predicted molar refractivity (Wildman–Crippen MR) is 119 cm³/mol. The van der Waals surface area contributed by atoms with Gasteiger partial charge < -0.3 is 15.7 Å². The Labute approximate surface area is 173 Å². The van der Waals surface area contributed by atoms with Gasteiger partial charge in [0.15, 0.2) is 0 Å². The van der Waals surface area contributed by atoms with Crippen molar-refractivity contribution in [2.75, 3.05) is 13.1 Å². The number of hydrogen-bond donors (Lipinski definition) is 3. The van der Waals surface area contributed by atoms with Crippen LogP contribution in [0.15, 0.2) is 30.3 Å². The minimum Gasteiger partial charge on any atom is -0.507 e. The molecule has 0 bridgehead atoms.